The van der Waals surface area contributed by atoms with Gasteiger partial charge in [-0.15, -0.1) is 0 Å². The number of hydrogen-bond acceptors (Lipinski definition) is 4. The van der Waals surface area contributed by atoms with E-state index in [2.05, 4.69) is 4.72 Å². The van der Waals surface area contributed by atoms with E-state index in [9.17, 15) is 8.42 Å². The van der Waals surface area contributed by atoms with Gasteiger partial charge in [0, 0.05) is 13.2 Å². The molecular weight excluding hydrogens is 254 g/mol. The SMILES string of the molecule is COc1cc(C)c(C)cc1S(=O)(=O)NCCCO. The van der Waals surface area contributed by atoms with Crippen LogP contribution >= 0.6 is 0 Å². The van der Waals surface area contributed by atoms with Gasteiger partial charge < -0.3 is 9.84 Å². The van der Waals surface area contributed by atoms with Crippen LogP contribution < -0.4 is 9.46 Å². The molecule has 0 aromatic heterocycles. The third-order valence-corrected chi connectivity index (χ3v) is 4.18. The van der Waals surface area contributed by atoms with Crippen molar-refractivity contribution in [2.24, 2.45) is 0 Å². The van der Waals surface area contributed by atoms with E-state index in [1.807, 2.05) is 13.8 Å². The van der Waals surface area contributed by atoms with Crippen LogP contribution in [-0.2, 0) is 10.0 Å². The summed E-state index contributed by atoms with van der Waals surface area (Å²) in [5.74, 6) is 0.328. The third kappa shape index (κ3) is 3.44. The minimum absolute atomic E-state index is 0.0490. The standard InChI is InChI=1S/C12H19NO4S/c1-9-7-11(17-3)12(8-10(9)2)18(15,16)13-5-4-6-14/h7-8,13-14H,4-6H2,1-3H3. The Bertz CT molecular complexity index is 511. The third-order valence-electron chi connectivity index (χ3n) is 2.70. The van der Waals surface area contributed by atoms with Crippen LogP contribution in [0.3, 0.4) is 0 Å². The first-order chi connectivity index (χ1) is 8.42. The van der Waals surface area contributed by atoms with E-state index < -0.39 is 10.0 Å². The lowest BCUT2D eigenvalue weighted by atomic mass is 10.1. The number of aryl methyl sites for hydroxylation is 2. The zero-order valence-corrected chi connectivity index (χ0v) is 11.7. The largest absolute Gasteiger partial charge is 0.495 e. The Kier molecular flexibility index (Phi) is 5.13. The highest BCUT2D eigenvalue weighted by Crippen LogP contribution is 2.27. The summed E-state index contributed by atoms with van der Waals surface area (Å²) in [6.07, 6.45) is 0.381. The molecule has 0 spiro atoms. The van der Waals surface area contributed by atoms with Gasteiger partial charge in [-0.3, -0.25) is 0 Å². The number of aliphatic hydroxyl groups excluding tert-OH is 1. The molecule has 1 aromatic carbocycles. The normalized spacial score (nSPS) is 11.6. The maximum absolute atomic E-state index is 12.1. The highest BCUT2D eigenvalue weighted by Gasteiger charge is 2.19. The van der Waals surface area contributed by atoms with Gasteiger partial charge in [-0.25, -0.2) is 13.1 Å². The van der Waals surface area contributed by atoms with Crippen molar-refractivity contribution < 1.29 is 18.3 Å². The number of aliphatic hydroxyl groups is 1. The molecule has 1 aromatic rings. The van der Waals surface area contributed by atoms with Gasteiger partial charge >= 0.3 is 0 Å². The predicted octanol–water partition coefficient (Wildman–Crippen LogP) is 0.973. The molecule has 0 amide bonds. The molecule has 0 aliphatic heterocycles. The van der Waals surface area contributed by atoms with Crippen molar-refractivity contribution in [1.82, 2.24) is 4.72 Å². The second kappa shape index (κ2) is 6.17. The van der Waals surface area contributed by atoms with Crippen LogP contribution in [0.15, 0.2) is 17.0 Å². The zero-order chi connectivity index (χ0) is 13.8. The van der Waals surface area contributed by atoms with E-state index in [0.717, 1.165) is 11.1 Å². The summed E-state index contributed by atoms with van der Waals surface area (Å²) in [6, 6.07) is 3.30. The lowest BCUT2D eigenvalue weighted by Gasteiger charge is -2.12. The molecule has 0 unspecified atom stereocenters. The second-order valence-corrected chi connectivity index (χ2v) is 5.80. The molecule has 1 rings (SSSR count). The van der Waals surface area contributed by atoms with Crippen molar-refractivity contribution in [2.45, 2.75) is 25.2 Å². The van der Waals surface area contributed by atoms with E-state index in [-0.39, 0.29) is 18.0 Å². The smallest absolute Gasteiger partial charge is 0.244 e. The number of rotatable bonds is 6. The van der Waals surface area contributed by atoms with Gasteiger partial charge in [0.25, 0.3) is 0 Å². The second-order valence-electron chi connectivity index (χ2n) is 4.06. The first kappa shape index (κ1) is 14.9. The quantitative estimate of drug-likeness (QED) is 0.757. The Hall–Kier alpha value is -1.11. The summed E-state index contributed by atoms with van der Waals surface area (Å²) < 4.78 is 31.7. The van der Waals surface area contributed by atoms with E-state index in [1.165, 1.54) is 7.11 Å². The Labute approximate surface area is 108 Å². The number of benzene rings is 1. The summed E-state index contributed by atoms with van der Waals surface area (Å²) in [5, 5.41) is 8.66. The van der Waals surface area contributed by atoms with Crippen LogP contribution in [0.25, 0.3) is 0 Å². The summed E-state index contributed by atoms with van der Waals surface area (Å²) in [4.78, 5) is 0.131. The van der Waals surface area contributed by atoms with Gasteiger partial charge in [0.05, 0.1) is 7.11 Å². The Morgan fingerprint density at radius 2 is 1.89 bits per heavy atom. The number of nitrogens with one attached hydrogen (secondary N) is 1. The molecule has 18 heavy (non-hydrogen) atoms. The Morgan fingerprint density at radius 3 is 2.44 bits per heavy atom. The first-order valence-corrected chi connectivity index (χ1v) is 7.16. The fourth-order valence-electron chi connectivity index (χ4n) is 1.50. The van der Waals surface area contributed by atoms with Crippen LogP contribution in [0.1, 0.15) is 17.5 Å². The molecular formula is C12H19NO4S. The maximum atomic E-state index is 12.1. The summed E-state index contributed by atoms with van der Waals surface area (Å²) in [5.41, 5.74) is 1.86. The minimum atomic E-state index is -3.60. The molecule has 0 atom stereocenters. The predicted molar refractivity (Wildman–Crippen MR) is 69.4 cm³/mol. The summed E-state index contributed by atoms with van der Waals surface area (Å²) >= 11 is 0. The molecule has 0 aliphatic carbocycles. The molecule has 5 nitrogen and oxygen atoms in total. The highest BCUT2D eigenvalue weighted by molar-refractivity contribution is 7.89. The monoisotopic (exact) mass is 273 g/mol. The summed E-state index contributed by atoms with van der Waals surface area (Å²) in [7, 11) is -2.16. The average molecular weight is 273 g/mol. The van der Waals surface area contributed by atoms with Gasteiger partial charge in [0.2, 0.25) is 10.0 Å². The number of sulfonamides is 1. The topological polar surface area (TPSA) is 75.6 Å². The number of hydrogen-bond donors (Lipinski definition) is 2. The lowest BCUT2D eigenvalue weighted by Crippen LogP contribution is -2.26. The van der Waals surface area contributed by atoms with Crippen molar-refractivity contribution in [3.8, 4) is 5.75 Å². The van der Waals surface area contributed by atoms with Crippen LogP contribution in [0.5, 0.6) is 5.75 Å². The van der Waals surface area contributed by atoms with Gasteiger partial charge in [0.1, 0.15) is 10.6 Å². The van der Waals surface area contributed by atoms with Gasteiger partial charge in [-0.1, -0.05) is 0 Å². The zero-order valence-electron chi connectivity index (χ0n) is 10.9. The molecule has 0 radical (unpaired) electrons. The van der Waals surface area contributed by atoms with E-state index >= 15 is 0 Å². The molecule has 0 heterocycles. The molecule has 0 saturated carbocycles. The van der Waals surface area contributed by atoms with Crippen LogP contribution in [0.4, 0.5) is 0 Å². The van der Waals surface area contributed by atoms with Crippen molar-refractivity contribution in [1.29, 1.82) is 0 Å². The van der Waals surface area contributed by atoms with Crippen molar-refractivity contribution >= 4 is 10.0 Å². The van der Waals surface area contributed by atoms with Crippen molar-refractivity contribution in [2.75, 3.05) is 20.3 Å². The fourth-order valence-corrected chi connectivity index (χ4v) is 2.80. The summed E-state index contributed by atoms with van der Waals surface area (Å²) in [6.45, 7) is 3.90. The Balaban J connectivity index is 3.11. The molecule has 102 valence electrons. The lowest BCUT2D eigenvalue weighted by molar-refractivity contribution is 0.289. The number of methoxy groups -OCH3 is 1. The highest BCUT2D eigenvalue weighted by atomic mass is 32.2. The fraction of sp³-hybridized carbons (Fsp3) is 0.500. The molecule has 0 saturated heterocycles. The molecule has 2 N–H and O–H groups in total. The van der Waals surface area contributed by atoms with E-state index in [1.54, 1.807) is 12.1 Å². The van der Waals surface area contributed by atoms with Crippen molar-refractivity contribution in [3.05, 3.63) is 23.3 Å². The average Bonchev–Trinajstić information content (AvgIpc) is 2.32. The van der Waals surface area contributed by atoms with Crippen molar-refractivity contribution in [3.63, 3.8) is 0 Å². The van der Waals surface area contributed by atoms with E-state index in [4.69, 9.17) is 9.84 Å². The first-order valence-electron chi connectivity index (χ1n) is 5.68. The van der Waals surface area contributed by atoms with Gasteiger partial charge in [-0.2, -0.15) is 0 Å². The Morgan fingerprint density at radius 1 is 1.28 bits per heavy atom. The molecule has 6 heteroatoms. The van der Waals surface area contributed by atoms with Gasteiger partial charge in [-0.05, 0) is 43.5 Å². The molecule has 0 fully saturated rings. The van der Waals surface area contributed by atoms with Gasteiger partial charge in [0.15, 0.2) is 0 Å². The minimum Gasteiger partial charge on any atom is -0.495 e. The molecule has 0 bridgehead atoms. The maximum Gasteiger partial charge on any atom is 0.244 e. The van der Waals surface area contributed by atoms with Crippen LogP contribution in [0.2, 0.25) is 0 Å². The van der Waals surface area contributed by atoms with Crippen LogP contribution in [-0.4, -0.2) is 33.8 Å². The van der Waals surface area contributed by atoms with Crippen LogP contribution in [0, 0.1) is 13.8 Å². The van der Waals surface area contributed by atoms with E-state index in [0.29, 0.717) is 12.2 Å². The number of ether oxygens (including phenoxy) is 1. The molecule has 0 aliphatic rings.